The fraction of sp³-hybridized carbons (Fsp3) is 0.250. The zero-order chi connectivity index (χ0) is 18.2. The molecule has 0 aliphatic carbocycles. The van der Waals surface area contributed by atoms with Crippen LogP contribution in [0.5, 0.6) is 0 Å². The molecule has 1 heterocycles. The molecule has 1 aromatic heterocycles. The maximum Gasteiger partial charge on any atom is 0.311 e. The third-order valence-corrected chi connectivity index (χ3v) is 5.19. The van der Waals surface area contributed by atoms with Crippen molar-refractivity contribution in [1.29, 1.82) is 0 Å². The molecule has 0 atom stereocenters. The first-order chi connectivity index (χ1) is 12.8. The van der Waals surface area contributed by atoms with E-state index in [0.29, 0.717) is 12.2 Å². The minimum atomic E-state index is -0.377. The molecular weight excluding hydrogens is 346 g/mol. The van der Waals surface area contributed by atoms with E-state index in [9.17, 15) is 10.1 Å². The van der Waals surface area contributed by atoms with Crippen LogP contribution < -0.4 is 5.32 Å². The van der Waals surface area contributed by atoms with E-state index in [0.717, 1.165) is 35.9 Å². The van der Waals surface area contributed by atoms with Crippen molar-refractivity contribution in [3.05, 3.63) is 70.9 Å². The van der Waals surface area contributed by atoms with Gasteiger partial charge in [-0.25, -0.2) is 4.98 Å². The van der Waals surface area contributed by atoms with Crippen LogP contribution in [-0.4, -0.2) is 22.2 Å². The van der Waals surface area contributed by atoms with E-state index in [2.05, 4.69) is 34.6 Å². The van der Waals surface area contributed by atoms with Crippen molar-refractivity contribution in [3.63, 3.8) is 0 Å². The van der Waals surface area contributed by atoms with Crippen LogP contribution in [0.15, 0.2) is 65.7 Å². The molecule has 0 aliphatic heterocycles. The van der Waals surface area contributed by atoms with Gasteiger partial charge in [-0.15, -0.1) is 11.8 Å². The fourth-order valence-electron chi connectivity index (χ4n) is 2.78. The second-order valence-electron chi connectivity index (χ2n) is 5.94. The molecule has 5 nitrogen and oxygen atoms in total. The van der Waals surface area contributed by atoms with E-state index in [1.807, 2.05) is 42.1 Å². The molecule has 0 saturated heterocycles. The van der Waals surface area contributed by atoms with Gasteiger partial charge in [0.25, 0.3) is 0 Å². The van der Waals surface area contributed by atoms with Crippen LogP contribution in [0.25, 0.3) is 10.9 Å². The van der Waals surface area contributed by atoms with Gasteiger partial charge in [0.2, 0.25) is 0 Å². The predicted molar refractivity (Wildman–Crippen MR) is 108 cm³/mol. The molecule has 0 saturated carbocycles. The molecular formula is C20H21N3O2S. The van der Waals surface area contributed by atoms with Crippen molar-refractivity contribution in [2.45, 2.75) is 24.2 Å². The zero-order valence-electron chi connectivity index (χ0n) is 14.4. The van der Waals surface area contributed by atoms with Gasteiger partial charge in [0.15, 0.2) is 0 Å². The maximum absolute atomic E-state index is 11.3. The van der Waals surface area contributed by atoms with Gasteiger partial charge in [-0.05, 0) is 36.8 Å². The summed E-state index contributed by atoms with van der Waals surface area (Å²) in [7, 11) is 0. The van der Waals surface area contributed by atoms with Crippen molar-refractivity contribution in [2.75, 3.05) is 17.6 Å². The van der Waals surface area contributed by atoms with Crippen molar-refractivity contribution < 1.29 is 4.92 Å². The first-order valence-corrected chi connectivity index (χ1v) is 9.68. The summed E-state index contributed by atoms with van der Waals surface area (Å²) in [4.78, 5) is 16.4. The Labute approximate surface area is 157 Å². The fourth-order valence-corrected chi connectivity index (χ4v) is 3.71. The number of rotatable bonds is 9. The third kappa shape index (κ3) is 4.73. The van der Waals surface area contributed by atoms with Crippen molar-refractivity contribution in [2.24, 2.45) is 0 Å². The Balaban J connectivity index is 1.50. The van der Waals surface area contributed by atoms with Gasteiger partial charge in [0.05, 0.1) is 10.4 Å². The van der Waals surface area contributed by atoms with E-state index in [1.54, 1.807) is 0 Å². The zero-order valence-corrected chi connectivity index (χ0v) is 15.2. The van der Waals surface area contributed by atoms with Gasteiger partial charge in [-0.2, -0.15) is 0 Å². The second-order valence-corrected chi connectivity index (χ2v) is 7.11. The quantitative estimate of drug-likeness (QED) is 0.233. The Bertz CT molecular complexity index is 871. The van der Waals surface area contributed by atoms with Gasteiger partial charge >= 0.3 is 5.69 Å². The number of hydrogen-bond acceptors (Lipinski definition) is 5. The van der Waals surface area contributed by atoms with Crippen LogP contribution in [0.2, 0.25) is 0 Å². The lowest BCUT2D eigenvalue weighted by atomic mass is 10.1. The minimum Gasteiger partial charge on any atom is -0.379 e. The van der Waals surface area contributed by atoms with Crippen LogP contribution in [0.4, 0.5) is 11.4 Å². The number of benzene rings is 2. The average Bonchev–Trinajstić information content (AvgIpc) is 2.67. The molecule has 0 fully saturated rings. The van der Waals surface area contributed by atoms with Gasteiger partial charge in [-0.3, -0.25) is 10.1 Å². The topological polar surface area (TPSA) is 68.1 Å². The van der Waals surface area contributed by atoms with Crippen LogP contribution in [0.1, 0.15) is 19.3 Å². The van der Waals surface area contributed by atoms with Gasteiger partial charge < -0.3 is 5.32 Å². The first-order valence-electron chi connectivity index (χ1n) is 8.69. The molecule has 0 aliphatic rings. The lowest BCUT2D eigenvalue weighted by Gasteiger charge is -2.10. The number of para-hydroxylation sites is 1. The van der Waals surface area contributed by atoms with Crippen LogP contribution >= 0.6 is 11.8 Å². The smallest absolute Gasteiger partial charge is 0.311 e. The summed E-state index contributed by atoms with van der Waals surface area (Å²) in [5.74, 6) is 1.09. The highest BCUT2D eigenvalue weighted by molar-refractivity contribution is 7.99. The lowest BCUT2D eigenvalue weighted by Crippen LogP contribution is -2.05. The van der Waals surface area contributed by atoms with Gasteiger partial charge in [-0.1, -0.05) is 42.8 Å². The summed E-state index contributed by atoms with van der Waals surface area (Å²) in [5.41, 5.74) is 1.36. The molecule has 0 spiro atoms. The molecule has 0 bridgehead atoms. The molecule has 3 rings (SSSR count). The Morgan fingerprint density at radius 2 is 1.77 bits per heavy atom. The number of aromatic nitrogens is 1. The predicted octanol–water partition coefficient (Wildman–Crippen LogP) is 5.52. The number of unbranched alkanes of at least 4 members (excludes halogenated alkanes) is 2. The van der Waals surface area contributed by atoms with Crippen molar-refractivity contribution in [3.8, 4) is 0 Å². The summed E-state index contributed by atoms with van der Waals surface area (Å²) in [5, 5.41) is 15.3. The summed E-state index contributed by atoms with van der Waals surface area (Å²) < 4.78 is 0. The first kappa shape index (κ1) is 18.2. The molecule has 134 valence electrons. The monoisotopic (exact) mass is 367 g/mol. The van der Waals surface area contributed by atoms with Crippen LogP contribution in [-0.2, 0) is 0 Å². The summed E-state index contributed by atoms with van der Waals surface area (Å²) in [6.07, 6.45) is 4.52. The molecule has 1 N–H and O–H groups in total. The molecule has 0 amide bonds. The highest BCUT2D eigenvalue weighted by Crippen LogP contribution is 2.31. The van der Waals surface area contributed by atoms with Crippen molar-refractivity contribution >= 4 is 34.0 Å². The largest absolute Gasteiger partial charge is 0.379 e. The number of fused-ring (bicyclic) bond motifs is 1. The van der Waals surface area contributed by atoms with E-state index in [-0.39, 0.29) is 10.6 Å². The SMILES string of the molecule is O=[N+]([O-])c1cnc2ccccc2c1NCCCCCSc1ccccc1. The number of nitrogens with zero attached hydrogens (tertiary/aromatic N) is 2. The van der Waals surface area contributed by atoms with E-state index >= 15 is 0 Å². The summed E-state index contributed by atoms with van der Waals surface area (Å²) >= 11 is 1.87. The number of nitrogens with one attached hydrogen (secondary N) is 1. The highest BCUT2D eigenvalue weighted by atomic mass is 32.2. The number of thioether (sulfide) groups is 1. The Morgan fingerprint density at radius 3 is 2.58 bits per heavy atom. The molecule has 0 radical (unpaired) electrons. The minimum absolute atomic E-state index is 0.0309. The Hall–Kier alpha value is -2.60. The van der Waals surface area contributed by atoms with Crippen molar-refractivity contribution in [1.82, 2.24) is 4.98 Å². The maximum atomic E-state index is 11.3. The highest BCUT2D eigenvalue weighted by Gasteiger charge is 2.17. The standard InChI is InChI=1S/C20H21N3O2S/c24-23(25)19-15-22-18-12-6-5-11-17(18)20(19)21-13-7-2-8-14-26-16-9-3-1-4-10-16/h1,3-6,9-12,15H,2,7-8,13-14H2,(H,21,22). The summed E-state index contributed by atoms with van der Waals surface area (Å²) in [6, 6.07) is 17.9. The number of hydrogen-bond donors (Lipinski definition) is 1. The van der Waals surface area contributed by atoms with E-state index in [4.69, 9.17) is 0 Å². The Kier molecular flexibility index (Phi) is 6.44. The Morgan fingerprint density at radius 1 is 1.00 bits per heavy atom. The molecule has 2 aromatic carbocycles. The van der Waals surface area contributed by atoms with Crippen LogP contribution in [0.3, 0.4) is 0 Å². The lowest BCUT2D eigenvalue weighted by molar-refractivity contribution is -0.384. The molecule has 3 aromatic rings. The third-order valence-electron chi connectivity index (χ3n) is 4.09. The molecule has 26 heavy (non-hydrogen) atoms. The number of anilines is 1. The summed E-state index contributed by atoms with van der Waals surface area (Å²) in [6.45, 7) is 0.713. The molecule has 0 unspecified atom stereocenters. The normalized spacial score (nSPS) is 10.8. The van der Waals surface area contributed by atoms with E-state index in [1.165, 1.54) is 11.1 Å². The molecule has 6 heteroatoms. The second kappa shape index (κ2) is 9.20. The van der Waals surface area contributed by atoms with E-state index < -0.39 is 0 Å². The van der Waals surface area contributed by atoms with Gasteiger partial charge in [0, 0.05) is 16.8 Å². The number of pyridine rings is 1. The number of nitro groups is 1. The average molecular weight is 367 g/mol. The van der Waals surface area contributed by atoms with Crippen LogP contribution in [0, 0.1) is 10.1 Å². The van der Waals surface area contributed by atoms with Gasteiger partial charge in [0.1, 0.15) is 11.9 Å².